The number of nitrogens with two attached hydrogens (primary N) is 1. The number of rotatable bonds is 2. The molecule has 1 amide bonds. The molecule has 1 heterocycles. The maximum absolute atomic E-state index is 11.7. The summed E-state index contributed by atoms with van der Waals surface area (Å²) >= 11 is 0. The van der Waals surface area contributed by atoms with Crippen molar-refractivity contribution in [3.63, 3.8) is 0 Å². The number of likely N-dealkylation sites (N-methyl/N-ethyl adjacent to an activating group) is 1. The van der Waals surface area contributed by atoms with Crippen LogP contribution in [-0.2, 0) is 4.79 Å². The first-order valence-corrected chi connectivity index (χ1v) is 5.91. The van der Waals surface area contributed by atoms with Gasteiger partial charge in [-0.2, -0.15) is 0 Å². The van der Waals surface area contributed by atoms with Gasteiger partial charge in [-0.05, 0) is 24.6 Å². The number of benzene rings is 1. The normalized spacial score (nSPS) is 19.4. The number of nitrogens with zero attached hydrogens (tertiary/aromatic N) is 2. The maximum Gasteiger partial charge on any atom is 0.236 e. The second kappa shape index (κ2) is 4.75. The Morgan fingerprint density at radius 3 is 2.47 bits per heavy atom. The van der Waals surface area contributed by atoms with E-state index in [1.165, 1.54) is 5.56 Å². The highest BCUT2D eigenvalue weighted by atomic mass is 16.2. The van der Waals surface area contributed by atoms with Crippen molar-refractivity contribution in [3.8, 4) is 0 Å². The number of anilines is 1. The van der Waals surface area contributed by atoms with Gasteiger partial charge in [-0.25, -0.2) is 0 Å². The van der Waals surface area contributed by atoms with E-state index in [4.69, 9.17) is 5.73 Å². The predicted molar refractivity (Wildman–Crippen MR) is 68.5 cm³/mol. The van der Waals surface area contributed by atoms with Crippen LogP contribution in [0.15, 0.2) is 24.3 Å². The van der Waals surface area contributed by atoms with Gasteiger partial charge in [0, 0.05) is 31.9 Å². The lowest BCUT2D eigenvalue weighted by Crippen LogP contribution is -2.49. The number of carbonyl (C=O) groups excluding carboxylic acids is 1. The summed E-state index contributed by atoms with van der Waals surface area (Å²) < 4.78 is 0. The first kappa shape index (κ1) is 11.9. The highest BCUT2D eigenvalue weighted by Crippen LogP contribution is 2.22. The average Bonchev–Trinajstić information content (AvgIpc) is 2.33. The smallest absolute Gasteiger partial charge is 0.236 e. The van der Waals surface area contributed by atoms with Gasteiger partial charge in [0.05, 0.1) is 6.54 Å². The fraction of sp³-hybridized carbons (Fsp3) is 0.462. The van der Waals surface area contributed by atoms with Crippen molar-refractivity contribution >= 4 is 11.6 Å². The van der Waals surface area contributed by atoms with E-state index < -0.39 is 0 Å². The standard InChI is InChI=1S/C13H19N3O/c1-10(11-3-5-12(14)6-4-11)16-8-7-15(2)13(17)9-16/h3-6,10H,7-9,14H2,1-2H3. The third kappa shape index (κ3) is 2.58. The van der Waals surface area contributed by atoms with Crippen LogP contribution >= 0.6 is 0 Å². The second-order valence-electron chi connectivity index (χ2n) is 4.63. The number of amides is 1. The fourth-order valence-electron chi connectivity index (χ4n) is 2.09. The van der Waals surface area contributed by atoms with Crippen molar-refractivity contribution in [3.05, 3.63) is 29.8 Å². The summed E-state index contributed by atoms with van der Waals surface area (Å²) in [7, 11) is 1.85. The quantitative estimate of drug-likeness (QED) is 0.778. The topological polar surface area (TPSA) is 49.6 Å². The summed E-state index contributed by atoms with van der Waals surface area (Å²) in [4.78, 5) is 15.6. The van der Waals surface area contributed by atoms with Gasteiger partial charge < -0.3 is 10.6 Å². The third-order valence-electron chi connectivity index (χ3n) is 3.45. The Hall–Kier alpha value is -1.55. The molecular weight excluding hydrogens is 214 g/mol. The number of carbonyl (C=O) groups is 1. The van der Waals surface area contributed by atoms with E-state index in [0.717, 1.165) is 18.8 Å². The number of hydrogen-bond acceptors (Lipinski definition) is 3. The molecule has 2 N–H and O–H groups in total. The van der Waals surface area contributed by atoms with Gasteiger partial charge in [0.25, 0.3) is 0 Å². The van der Waals surface area contributed by atoms with Crippen LogP contribution in [0, 0.1) is 0 Å². The minimum atomic E-state index is 0.193. The molecule has 4 nitrogen and oxygen atoms in total. The van der Waals surface area contributed by atoms with Crippen molar-refractivity contribution in [2.75, 3.05) is 32.4 Å². The van der Waals surface area contributed by atoms with Gasteiger partial charge in [-0.3, -0.25) is 9.69 Å². The van der Waals surface area contributed by atoms with Crippen LogP contribution in [0.25, 0.3) is 0 Å². The van der Waals surface area contributed by atoms with E-state index in [0.29, 0.717) is 6.54 Å². The summed E-state index contributed by atoms with van der Waals surface area (Å²) in [5.41, 5.74) is 7.65. The minimum absolute atomic E-state index is 0.193. The first-order valence-electron chi connectivity index (χ1n) is 5.91. The van der Waals surface area contributed by atoms with Gasteiger partial charge in [0.2, 0.25) is 5.91 Å². The van der Waals surface area contributed by atoms with Crippen LogP contribution < -0.4 is 5.73 Å². The molecule has 2 rings (SSSR count). The molecule has 1 saturated heterocycles. The molecule has 1 fully saturated rings. The zero-order chi connectivity index (χ0) is 12.4. The van der Waals surface area contributed by atoms with Crippen molar-refractivity contribution < 1.29 is 4.79 Å². The molecular formula is C13H19N3O. The van der Waals surface area contributed by atoms with E-state index in [1.807, 2.05) is 31.3 Å². The highest BCUT2D eigenvalue weighted by Gasteiger charge is 2.25. The van der Waals surface area contributed by atoms with Crippen LogP contribution in [0.3, 0.4) is 0 Å². The molecule has 1 unspecified atom stereocenters. The Bertz CT molecular complexity index is 402. The molecule has 0 saturated carbocycles. The van der Waals surface area contributed by atoms with Crippen LogP contribution in [0.2, 0.25) is 0 Å². The summed E-state index contributed by atoms with van der Waals surface area (Å²) in [5, 5.41) is 0. The Morgan fingerprint density at radius 2 is 1.88 bits per heavy atom. The van der Waals surface area contributed by atoms with Crippen LogP contribution in [0.5, 0.6) is 0 Å². The molecule has 0 aromatic heterocycles. The summed E-state index contributed by atoms with van der Waals surface area (Å²) in [6.45, 7) is 4.36. The molecule has 0 aliphatic carbocycles. The number of nitrogen functional groups attached to an aromatic ring is 1. The minimum Gasteiger partial charge on any atom is -0.399 e. The molecule has 4 heteroatoms. The molecule has 92 valence electrons. The Balaban J connectivity index is 2.07. The zero-order valence-electron chi connectivity index (χ0n) is 10.4. The van der Waals surface area contributed by atoms with Gasteiger partial charge >= 0.3 is 0 Å². The lowest BCUT2D eigenvalue weighted by atomic mass is 10.1. The number of piperazine rings is 1. The van der Waals surface area contributed by atoms with Crippen molar-refractivity contribution in [2.24, 2.45) is 0 Å². The predicted octanol–water partition coefficient (Wildman–Crippen LogP) is 1.10. The largest absolute Gasteiger partial charge is 0.399 e. The first-order chi connectivity index (χ1) is 8.08. The van der Waals surface area contributed by atoms with E-state index in [-0.39, 0.29) is 11.9 Å². The summed E-state index contributed by atoms with van der Waals surface area (Å²) in [5.74, 6) is 0.193. The molecule has 0 radical (unpaired) electrons. The van der Waals surface area contributed by atoms with Gasteiger partial charge in [0.15, 0.2) is 0 Å². The van der Waals surface area contributed by atoms with Gasteiger partial charge in [-0.1, -0.05) is 12.1 Å². The Kier molecular flexibility index (Phi) is 3.33. The number of hydrogen-bond donors (Lipinski definition) is 1. The van der Waals surface area contributed by atoms with Crippen molar-refractivity contribution in [2.45, 2.75) is 13.0 Å². The fourth-order valence-corrected chi connectivity index (χ4v) is 2.09. The van der Waals surface area contributed by atoms with E-state index in [1.54, 1.807) is 4.90 Å². The lowest BCUT2D eigenvalue weighted by Gasteiger charge is -2.36. The van der Waals surface area contributed by atoms with E-state index in [9.17, 15) is 4.79 Å². The van der Waals surface area contributed by atoms with Crippen LogP contribution in [-0.4, -0.2) is 42.4 Å². The molecule has 1 aromatic carbocycles. The molecule has 17 heavy (non-hydrogen) atoms. The summed E-state index contributed by atoms with van der Waals surface area (Å²) in [6.07, 6.45) is 0. The highest BCUT2D eigenvalue weighted by molar-refractivity contribution is 5.78. The maximum atomic E-state index is 11.7. The van der Waals surface area contributed by atoms with Gasteiger partial charge in [-0.15, -0.1) is 0 Å². The van der Waals surface area contributed by atoms with Gasteiger partial charge in [0.1, 0.15) is 0 Å². The SMILES string of the molecule is CC(c1ccc(N)cc1)N1CCN(C)C(=O)C1. The van der Waals surface area contributed by atoms with E-state index in [2.05, 4.69) is 11.8 Å². The molecule has 0 spiro atoms. The van der Waals surface area contributed by atoms with Crippen LogP contribution in [0.1, 0.15) is 18.5 Å². The molecule has 1 atom stereocenters. The average molecular weight is 233 g/mol. The van der Waals surface area contributed by atoms with Crippen LogP contribution in [0.4, 0.5) is 5.69 Å². The molecule has 0 bridgehead atoms. The molecule has 1 aliphatic heterocycles. The second-order valence-corrected chi connectivity index (χ2v) is 4.63. The molecule has 1 aromatic rings. The Labute approximate surface area is 102 Å². The zero-order valence-corrected chi connectivity index (χ0v) is 10.4. The molecule has 1 aliphatic rings. The third-order valence-corrected chi connectivity index (χ3v) is 3.45. The Morgan fingerprint density at radius 1 is 1.24 bits per heavy atom. The lowest BCUT2D eigenvalue weighted by molar-refractivity contribution is -0.135. The van der Waals surface area contributed by atoms with E-state index >= 15 is 0 Å². The van der Waals surface area contributed by atoms with Crippen molar-refractivity contribution in [1.82, 2.24) is 9.80 Å². The monoisotopic (exact) mass is 233 g/mol. The summed E-state index contributed by atoms with van der Waals surface area (Å²) in [6, 6.07) is 8.13. The van der Waals surface area contributed by atoms with Crippen molar-refractivity contribution in [1.29, 1.82) is 0 Å².